The normalized spacial score (nSPS) is 11.6. The molecule has 1 heterocycles. The zero-order valence-electron chi connectivity index (χ0n) is 8.85. The average Bonchev–Trinajstić information content (AvgIpc) is 2.34. The maximum atomic E-state index is 10.8. The zero-order valence-corrected chi connectivity index (χ0v) is 9.66. The number of carboxylic acids is 1. The third-order valence-electron chi connectivity index (χ3n) is 1.87. The molecule has 1 atom stereocenters. The Morgan fingerprint density at radius 1 is 1.67 bits per heavy atom. The Morgan fingerprint density at radius 2 is 2.39 bits per heavy atom. The third-order valence-corrected chi connectivity index (χ3v) is 2.46. The van der Waals surface area contributed by atoms with Gasteiger partial charge in [-0.25, -0.2) is 9.78 Å². The van der Waals surface area contributed by atoms with Gasteiger partial charge in [-0.2, -0.15) is 0 Å². The lowest BCUT2D eigenvalue weighted by Gasteiger charge is -2.12. The van der Waals surface area contributed by atoms with Crippen LogP contribution in [0.25, 0.3) is 0 Å². The zero-order chi connectivity index (χ0) is 13.5. The number of nitrogens with zero attached hydrogens (tertiary/aromatic N) is 3. The van der Waals surface area contributed by atoms with E-state index in [9.17, 15) is 19.8 Å². The molecule has 18 heavy (non-hydrogen) atoms. The van der Waals surface area contributed by atoms with Gasteiger partial charge in [0.2, 0.25) is 0 Å². The first-order valence-corrected chi connectivity index (χ1v) is 5.53. The standard InChI is InChI=1S/C8H8N4O5S/c13-8(14)6(4-18-11-15)10-7-2-1-5(3-9-7)12(16)17/h1-3,6H,4H2,(H,9,10)(H,13,14). The molecule has 0 aliphatic rings. The molecule has 0 saturated heterocycles. The van der Waals surface area contributed by atoms with Gasteiger partial charge in [0.05, 0.1) is 4.92 Å². The number of nitroso groups, excluding NO2 is 1. The van der Waals surface area contributed by atoms with Crippen LogP contribution in [0.1, 0.15) is 0 Å². The molecule has 0 amide bonds. The van der Waals surface area contributed by atoms with Gasteiger partial charge in [0.1, 0.15) is 18.1 Å². The van der Waals surface area contributed by atoms with Gasteiger partial charge in [-0.1, -0.05) is 0 Å². The van der Waals surface area contributed by atoms with Crippen LogP contribution in [-0.2, 0) is 4.79 Å². The Balaban J connectivity index is 2.71. The van der Waals surface area contributed by atoms with Crippen LogP contribution in [-0.4, -0.2) is 32.8 Å². The molecular weight excluding hydrogens is 264 g/mol. The van der Waals surface area contributed by atoms with Crippen molar-refractivity contribution >= 4 is 29.4 Å². The molecule has 1 aromatic rings. The van der Waals surface area contributed by atoms with Crippen LogP contribution in [0, 0.1) is 15.0 Å². The minimum absolute atomic E-state index is 0.0719. The van der Waals surface area contributed by atoms with E-state index in [2.05, 4.69) is 14.9 Å². The van der Waals surface area contributed by atoms with Crippen LogP contribution in [0.3, 0.4) is 0 Å². The van der Waals surface area contributed by atoms with Crippen molar-refractivity contribution < 1.29 is 14.8 Å². The van der Waals surface area contributed by atoms with Gasteiger partial charge in [-0.15, -0.1) is 4.91 Å². The molecule has 0 radical (unpaired) electrons. The molecule has 1 aromatic heterocycles. The molecule has 0 bridgehead atoms. The van der Waals surface area contributed by atoms with Gasteiger partial charge < -0.3 is 10.4 Å². The average molecular weight is 272 g/mol. The lowest BCUT2D eigenvalue weighted by atomic mass is 10.3. The van der Waals surface area contributed by atoms with Crippen molar-refractivity contribution in [3.8, 4) is 0 Å². The molecule has 0 aliphatic heterocycles. The summed E-state index contributed by atoms with van der Waals surface area (Å²) in [5.74, 6) is -1.08. The van der Waals surface area contributed by atoms with E-state index in [1.165, 1.54) is 12.1 Å². The molecule has 10 heteroatoms. The molecular formula is C8H8N4O5S. The van der Waals surface area contributed by atoms with E-state index in [0.717, 1.165) is 6.20 Å². The number of nitro groups is 1. The minimum Gasteiger partial charge on any atom is -0.480 e. The Morgan fingerprint density at radius 3 is 2.83 bits per heavy atom. The molecule has 96 valence electrons. The van der Waals surface area contributed by atoms with Crippen molar-refractivity contribution in [2.45, 2.75) is 6.04 Å². The fourth-order valence-electron chi connectivity index (χ4n) is 1.04. The predicted molar refractivity (Wildman–Crippen MR) is 64.2 cm³/mol. The molecule has 0 fully saturated rings. The second-order valence-electron chi connectivity index (χ2n) is 3.06. The van der Waals surface area contributed by atoms with E-state index < -0.39 is 16.9 Å². The van der Waals surface area contributed by atoms with E-state index in [1.807, 2.05) is 0 Å². The van der Waals surface area contributed by atoms with Crippen LogP contribution < -0.4 is 5.32 Å². The lowest BCUT2D eigenvalue weighted by molar-refractivity contribution is -0.385. The summed E-state index contributed by atoms with van der Waals surface area (Å²) in [4.78, 5) is 34.2. The summed E-state index contributed by atoms with van der Waals surface area (Å²) in [6, 6.07) is 1.42. The second-order valence-corrected chi connectivity index (χ2v) is 3.80. The Kier molecular flexibility index (Phi) is 4.99. The van der Waals surface area contributed by atoms with Gasteiger partial charge in [-0.05, 0) is 6.07 Å². The first kappa shape index (κ1) is 13.8. The van der Waals surface area contributed by atoms with Gasteiger partial charge in [0.25, 0.3) is 5.69 Å². The second kappa shape index (κ2) is 6.49. The summed E-state index contributed by atoms with van der Waals surface area (Å²) in [6.45, 7) is 0. The Hall–Kier alpha value is -2.23. The molecule has 0 saturated carbocycles. The SMILES string of the molecule is O=NSCC(Nc1ccc([N+](=O)[O-])cn1)C(=O)O. The van der Waals surface area contributed by atoms with Crippen molar-refractivity contribution in [2.75, 3.05) is 11.1 Å². The van der Waals surface area contributed by atoms with Crippen LogP contribution in [0.2, 0.25) is 0 Å². The van der Waals surface area contributed by atoms with Gasteiger partial charge in [-0.3, -0.25) is 10.1 Å². The first-order chi connectivity index (χ1) is 8.54. The monoisotopic (exact) mass is 272 g/mol. The van der Waals surface area contributed by atoms with Gasteiger partial charge in [0.15, 0.2) is 0 Å². The molecule has 9 nitrogen and oxygen atoms in total. The van der Waals surface area contributed by atoms with E-state index in [1.54, 1.807) is 0 Å². The van der Waals surface area contributed by atoms with Crippen molar-refractivity contribution in [1.82, 2.24) is 4.98 Å². The summed E-state index contributed by atoms with van der Waals surface area (Å²) in [5, 5.41) is 21.8. The highest BCUT2D eigenvalue weighted by Gasteiger charge is 2.18. The van der Waals surface area contributed by atoms with E-state index in [4.69, 9.17) is 5.11 Å². The van der Waals surface area contributed by atoms with Crippen molar-refractivity contribution in [3.05, 3.63) is 33.4 Å². The molecule has 1 rings (SSSR count). The largest absolute Gasteiger partial charge is 0.480 e. The van der Waals surface area contributed by atoms with Crippen LogP contribution in [0.5, 0.6) is 0 Å². The van der Waals surface area contributed by atoms with Crippen LogP contribution in [0.4, 0.5) is 11.5 Å². The highest BCUT2D eigenvalue weighted by atomic mass is 32.2. The number of hydrogen-bond acceptors (Lipinski definition) is 8. The maximum absolute atomic E-state index is 10.8. The number of carbonyl (C=O) groups is 1. The number of nitrogens with one attached hydrogen (secondary N) is 1. The number of aliphatic carboxylic acids is 1. The predicted octanol–water partition coefficient (Wildman–Crippen LogP) is 1.27. The summed E-state index contributed by atoms with van der Waals surface area (Å²) < 4.78 is 2.49. The Bertz CT molecular complexity index is 451. The maximum Gasteiger partial charge on any atom is 0.327 e. The van der Waals surface area contributed by atoms with E-state index in [0.29, 0.717) is 11.9 Å². The van der Waals surface area contributed by atoms with E-state index >= 15 is 0 Å². The fourth-order valence-corrected chi connectivity index (χ4v) is 1.47. The number of anilines is 1. The number of rotatable bonds is 7. The first-order valence-electron chi connectivity index (χ1n) is 4.59. The van der Waals surface area contributed by atoms with Gasteiger partial charge >= 0.3 is 5.97 Å². The third kappa shape index (κ3) is 3.97. The number of carboxylic acid groups (broad SMARTS) is 1. The number of pyridine rings is 1. The Labute approximate surface area is 105 Å². The van der Waals surface area contributed by atoms with Crippen molar-refractivity contribution in [1.29, 1.82) is 0 Å². The topological polar surface area (TPSA) is 135 Å². The van der Waals surface area contributed by atoms with E-state index in [-0.39, 0.29) is 17.3 Å². The summed E-state index contributed by atoms with van der Waals surface area (Å²) in [5.41, 5.74) is -0.198. The molecule has 1 unspecified atom stereocenters. The molecule has 0 aromatic carbocycles. The smallest absolute Gasteiger partial charge is 0.327 e. The number of hydrogen-bond donors (Lipinski definition) is 2. The minimum atomic E-state index is -1.17. The number of aromatic nitrogens is 1. The molecule has 2 N–H and O–H groups in total. The van der Waals surface area contributed by atoms with Crippen LogP contribution >= 0.6 is 11.9 Å². The summed E-state index contributed by atoms with van der Waals surface area (Å²) in [7, 11) is 0. The van der Waals surface area contributed by atoms with Crippen molar-refractivity contribution in [2.24, 2.45) is 4.58 Å². The van der Waals surface area contributed by atoms with Crippen LogP contribution in [0.15, 0.2) is 22.9 Å². The highest BCUT2D eigenvalue weighted by molar-refractivity contribution is 7.97. The summed E-state index contributed by atoms with van der Waals surface area (Å²) >= 11 is 0.562. The van der Waals surface area contributed by atoms with Crippen molar-refractivity contribution in [3.63, 3.8) is 0 Å². The summed E-state index contributed by atoms with van der Waals surface area (Å²) in [6.07, 6.45) is 1.01. The fraction of sp³-hybridized carbons (Fsp3) is 0.250. The highest BCUT2D eigenvalue weighted by Crippen LogP contribution is 2.14. The quantitative estimate of drug-likeness (QED) is 0.328. The molecule has 0 aliphatic carbocycles. The molecule has 0 spiro atoms. The van der Waals surface area contributed by atoms with Gasteiger partial charge in [0, 0.05) is 28.3 Å². The lowest BCUT2D eigenvalue weighted by Crippen LogP contribution is -2.31.